The molecule has 0 spiro atoms. The van der Waals surface area contributed by atoms with E-state index in [1.165, 1.54) is 0 Å². The summed E-state index contributed by atoms with van der Waals surface area (Å²) in [5, 5.41) is 9.92. The van der Waals surface area contributed by atoms with E-state index in [0.717, 1.165) is 19.0 Å². The van der Waals surface area contributed by atoms with Gasteiger partial charge in [0.15, 0.2) is 0 Å². The van der Waals surface area contributed by atoms with Crippen LogP contribution in [-0.2, 0) is 15.8 Å². The molecule has 1 heterocycles. The van der Waals surface area contributed by atoms with Crippen LogP contribution in [0.4, 0.5) is 19.1 Å². The van der Waals surface area contributed by atoms with E-state index in [9.17, 15) is 28.0 Å². The summed E-state index contributed by atoms with van der Waals surface area (Å²) in [6.07, 6.45) is -1.21. The number of halogens is 3. The average molecular weight is 375 g/mol. The maximum absolute atomic E-state index is 12.7. The van der Waals surface area contributed by atoms with Crippen LogP contribution in [0.5, 0.6) is 0 Å². The Morgan fingerprint density at radius 3 is 2.69 bits per heavy atom. The zero-order valence-corrected chi connectivity index (χ0v) is 14.1. The average Bonchev–Trinajstić information content (AvgIpc) is 2.61. The molecule has 26 heavy (non-hydrogen) atoms. The second kappa shape index (κ2) is 7.85. The van der Waals surface area contributed by atoms with Gasteiger partial charge in [-0.15, -0.1) is 0 Å². The van der Waals surface area contributed by atoms with Crippen LogP contribution in [0.1, 0.15) is 38.3 Å². The van der Waals surface area contributed by atoms with Crippen molar-refractivity contribution in [1.29, 1.82) is 0 Å². The third-order valence-electron chi connectivity index (χ3n) is 4.53. The van der Waals surface area contributed by atoms with Crippen molar-refractivity contribution in [1.82, 2.24) is 20.5 Å². The maximum Gasteiger partial charge on any atom is 0.433 e. The first-order chi connectivity index (χ1) is 12.2. The summed E-state index contributed by atoms with van der Waals surface area (Å²) in [5.74, 6) is -0.561. The third kappa shape index (κ3) is 4.81. The summed E-state index contributed by atoms with van der Waals surface area (Å²) in [5.41, 5.74) is 2.38. The molecule has 1 aliphatic carbocycles. The number of rotatable bonds is 6. The van der Waals surface area contributed by atoms with Gasteiger partial charge >= 0.3 is 6.18 Å². The Bertz CT molecular complexity index is 648. The number of alkyl halides is 3. The predicted octanol–water partition coefficient (Wildman–Crippen LogP) is 1.98. The van der Waals surface area contributed by atoms with Crippen molar-refractivity contribution in [2.45, 2.75) is 38.8 Å². The Kier molecular flexibility index (Phi) is 6.01. The van der Waals surface area contributed by atoms with E-state index in [2.05, 4.69) is 20.8 Å². The number of aromatic nitrogens is 2. The monoisotopic (exact) mass is 375 g/mol. The molecule has 8 nitrogen and oxygen atoms in total. The number of hydrazine groups is 1. The SMILES string of the molecule is C[C@H]1CC[C@@](CN(O)C=O)(C(=O)NNc2nccc(C(F)(F)F)n2)CC1. The smallest absolute Gasteiger partial charge is 0.286 e. The third-order valence-corrected chi connectivity index (χ3v) is 4.53. The fourth-order valence-electron chi connectivity index (χ4n) is 2.94. The molecule has 0 saturated heterocycles. The molecule has 0 atom stereocenters. The molecular weight excluding hydrogens is 355 g/mol. The quantitative estimate of drug-likeness (QED) is 0.399. The molecule has 3 N–H and O–H groups in total. The highest BCUT2D eigenvalue weighted by atomic mass is 19.4. The molecule has 11 heteroatoms. The summed E-state index contributed by atoms with van der Waals surface area (Å²) < 4.78 is 38.0. The molecule has 0 aromatic carbocycles. The molecule has 0 bridgehead atoms. The van der Waals surface area contributed by atoms with Gasteiger partial charge in [0.2, 0.25) is 18.3 Å². The van der Waals surface area contributed by atoms with E-state index >= 15 is 0 Å². The minimum absolute atomic E-state index is 0.205. The molecule has 1 fully saturated rings. The molecule has 1 saturated carbocycles. The molecule has 144 valence electrons. The summed E-state index contributed by atoms with van der Waals surface area (Å²) in [4.78, 5) is 30.3. The van der Waals surface area contributed by atoms with E-state index < -0.39 is 29.1 Å². The van der Waals surface area contributed by atoms with Gasteiger partial charge in [-0.1, -0.05) is 6.92 Å². The largest absolute Gasteiger partial charge is 0.433 e. The van der Waals surface area contributed by atoms with Gasteiger partial charge in [-0.2, -0.15) is 13.2 Å². The summed E-state index contributed by atoms with van der Waals surface area (Å²) in [6, 6.07) is 0.713. The molecular formula is C15H20F3N5O3. The topological polar surface area (TPSA) is 107 Å². The van der Waals surface area contributed by atoms with Crippen LogP contribution >= 0.6 is 0 Å². The Morgan fingerprint density at radius 2 is 2.12 bits per heavy atom. The molecule has 0 radical (unpaired) electrons. The van der Waals surface area contributed by atoms with E-state index in [-0.39, 0.29) is 13.0 Å². The molecule has 1 aromatic rings. The minimum atomic E-state index is -4.63. The lowest BCUT2D eigenvalue weighted by molar-refractivity contribution is -0.163. The lowest BCUT2D eigenvalue weighted by Gasteiger charge is -2.38. The van der Waals surface area contributed by atoms with Crippen LogP contribution in [-0.4, -0.2) is 39.1 Å². The van der Waals surface area contributed by atoms with Gasteiger partial charge in [0.05, 0.1) is 12.0 Å². The van der Waals surface area contributed by atoms with Crippen LogP contribution in [0.15, 0.2) is 12.3 Å². The van der Waals surface area contributed by atoms with Crippen LogP contribution in [0.25, 0.3) is 0 Å². The van der Waals surface area contributed by atoms with Crippen molar-refractivity contribution in [3.63, 3.8) is 0 Å². The molecule has 2 amide bonds. The van der Waals surface area contributed by atoms with Gasteiger partial charge < -0.3 is 0 Å². The Morgan fingerprint density at radius 1 is 1.46 bits per heavy atom. The van der Waals surface area contributed by atoms with Crippen molar-refractivity contribution in [3.8, 4) is 0 Å². The number of hydroxylamine groups is 2. The lowest BCUT2D eigenvalue weighted by atomic mass is 9.70. The maximum atomic E-state index is 12.7. The number of anilines is 1. The van der Waals surface area contributed by atoms with Crippen molar-refractivity contribution in [2.75, 3.05) is 12.0 Å². The lowest BCUT2D eigenvalue weighted by Crippen LogP contribution is -2.51. The number of hydrogen-bond acceptors (Lipinski definition) is 6. The second-order valence-corrected chi connectivity index (χ2v) is 6.51. The van der Waals surface area contributed by atoms with Gasteiger partial charge in [0, 0.05) is 6.20 Å². The van der Waals surface area contributed by atoms with Gasteiger partial charge in [-0.05, 0) is 37.7 Å². The van der Waals surface area contributed by atoms with Gasteiger partial charge in [-0.3, -0.25) is 25.6 Å². The first-order valence-electron chi connectivity index (χ1n) is 8.04. The standard InChI is InChI=1S/C15H20F3N5O3/c1-10-2-5-14(6-3-10,8-23(26)9-24)12(25)21-22-13-19-7-4-11(20-13)15(16,17)18/h4,7,9-10,26H,2-3,5-6,8H2,1H3,(H,21,25)(H,19,20,22)/t10-,14+. The zero-order chi connectivity index (χ0) is 19.4. The Hall–Kier alpha value is -2.43. The van der Waals surface area contributed by atoms with Gasteiger partial charge in [0.25, 0.3) is 0 Å². The summed E-state index contributed by atoms with van der Waals surface area (Å²) >= 11 is 0. The molecule has 1 aromatic heterocycles. The van der Waals surface area contributed by atoms with Crippen molar-refractivity contribution in [2.24, 2.45) is 11.3 Å². The number of carbonyl (C=O) groups excluding carboxylic acids is 2. The Balaban J connectivity index is 2.09. The molecule has 0 unspecified atom stereocenters. The summed E-state index contributed by atoms with van der Waals surface area (Å²) in [7, 11) is 0. The zero-order valence-electron chi connectivity index (χ0n) is 14.1. The van der Waals surface area contributed by atoms with Crippen LogP contribution < -0.4 is 10.9 Å². The number of nitrogens with zero attached hydrogens (tertiary/aromatic N) is 3. The molecule has 1 aliphatic rings. The van der Waals surface area contributed by atoms with Crippen LogP contribution in [0.2, 0.25) is 0 Å². The predicted molar refractivity (Wildman–Crippen MR) is 83.4 cm³/mol. The van der Waals surface area contributed by atoms with Crippen molar-refractivity contribution >= 4 is 18.3 Å². The van der Waals surface area contributed by atoms with E-state index in [1.807, 2.05) is 6.92 Å². The first kappa shape index (κ1) is 19.9. The normalized spacial score (nSPS) is 23.2. The minimum Gasteiger partial charge on any atom is -0.286 e. The van der Waals surface area contributed by atoms with Gasteiger partial charge in [0.1, 0.15) is 5.69 Å². The highest BCUT2D eigenvalue weighted by Crippen LogP contribution is 2.39. The van der Waals surface area contributed by atoms with E-state index in [1.54, 1.807) is 0 Å². The number of hydrogen-bond donors (Lipinski definition) is 3. The molecule has 2 rings (SSSR count). The van der Waals surface area contributed by atoms with Crippen molar-refractivity contribution in [3.05, 3.63) is 18.0 Å². The number of nitrogens with one attached hydrogen (secondary N) is 2. The number of amides is 2. The number of carbonyl (C=O) groups is 2. The van der Waals surface area contributed by atoms with Crippen LogP contribution in [0.3, 0.4) is 0 Å². The highest BCUT2D eigenvalue weighted by Gasteiger charge is 2.42. The van der Waals surface area contributed by atoms with Crippen LogP contribution in [0, 0.1) is 11.3 Å². The van der Waals surface area contributed by atoms with E-state index in [4.69, 9.17) is 0 Å². The van der Waals surface area contributed by atoms with E-state index in [0.29, 0.717) is 29.9 Å². The first-order valence-corrected chi connectivity index (χ1v) is 8.04. The van der Waals surface area contributed by atoms with Crippen molar-refractivity contribution < 1.29 is 28.0 Å². The molecule has 0 aliphatic heterocycles. The highest BCUT2D eigenvalue weighted by molar-refractivity contribution is 5.84. The van der Waals surface area contributed by atoms with Gasteiger partial charge in [-0.25, -0.2) is 15.0 Å². The second-order valence-electron chi connectivity index (χ2n) is 6.51. The Labute approximate surface area is 147 Å². The fourth-order valence-corrected chi connectivity index (χ4v) is 2.94. The summed E-state index contributed by atoms with van der Waals surface area (Å²) in [6.45, 7) is 1.83. The fraction of sp³-hybridized carbons (Fsp3) is 0.600.